The molecule has 0 saturated heterocycles. The first kappa shape index (κ1) is 13.1. The van der Waals surface area contributed by atoms with Gasteiger partial charge in [0.2, 0.25) is 0 Å². The number of pyridine rings is 1. The Hall–Kier alpha value is -1.33. The van der Waals surface area contributed by atoms with Crippen molar-refractivity contribution in [3.63, 3.8) is 0 Å². The van der Waals surface area contributed by atoms with Crippen molar-refractivity contribution in [2.45, 2.75) is 4.90 Å². The minimum atomic E-state index is -0.121. The molecule has 0 spiro atoms. The molecule has 1 amide bonds. The average molecular weight is 323 g/mol. The molecule has 18 heavy (non-hydrogen) atoms. The molecule has 1 heterocycles. The number of nitrogens with one attached hydrogen (secondary N) is 1. The molecule has 2 aromatic rings. The van der Waals surface area contributed by atoms with E-state index in [1.54, 1.807) is 30.1 Å². The highest BCUT2D eigenvalue weighted by Crippen LogP contribution is 2.21. The molecular formula is C13H11BrN2OS. The third-order valence-corrected chi connectivity index (χ3v) is 3.60. The first-order valence-corrected chi connectivity index (χ1v) is 7.28. The Balaban J connectivity index is 2.19. The van der Waals surface area contributed by atoms with Crippen LogP contribution in [0.5, 0.6) is 0 Å². The summed E-state index contributed by atoms with van der Waals surface area (Å²) in [6.45, 7) is 0. The number of carbonyl (C=O) groups excluding carboxylic acids is 1. The maximum Gasteiger partial charge on any atom is 0.256 e. The molecule has 3 nitrogen and oxygen atoms in total. The van der Waals surface area contributed by atoms with Crippen LogP contribution >= 0.6 is 27.7 Å². The van der Waals surface area contributed by atoms with E-state index in [-0.39, 0.29) is 5.91 Å². The zero-order valence-electron chi connectivity index (χ0n) is 9.68. The van der Waals surface area contributed by atoms with Gasteiger partial charge in [-0.25, -0.2) is 4.98 Å². The van der Waals surface area contributed by atoms with Crippen LogP contribution in [0.1, 0.15) is 10.4 Å². The van der Waals surface area contributed by atoms with Crippen LogP contribution in [0, 0.1) is 0 Å². The summed E-state index contributed by atoms with van der Waals surface area (Å²) in [7, 11) is 0. The number of anilines is 1. The molecule has 92 valence electrons. The number of hydrogen-bond acceptors (Lipinski definition) is 3. The summed E-state index contributed by atoms with van der Waals surface area (Å²) in [4.78, 5) is 17.1. The van der Waals surface area contributed by atoms with Gasteiger partial charge in [-0.05, 0) is 46.5 Å². The molecule has 0 radical (unpaired) electrons. The second-order valence-corrected chi connectivity index (χ2v) is 5.18. The molecule has 5 heteroatoms. The summed E-state index contributed by atoms with van der Waals surface area (Å²) in [6, 6.07) is 11.1. The van der Waals surface area contributed by atoms with Gasteiger partial charge >= 0.3 is 0 Å². The van der Waals surface area contributed by atoms with Crippen LogP contribution in [0.25, 0.3) is 0 Å². The highest BCUT2D eigenvalue weighted by Gasteiger charge is 2.10. The Morgan fingerprint density at radius 1 is 1.28 bits per heavy atom. The lowest BCUT2D eigenvalue weighted by Crippen LogP contribution is -2.12. The van der Waals surface area contributed by atoms with Crippen molar-refractivity contribution in [3.05, 3.63) is 52.8 Å². The smallest absolute Gasteiger partial charge is 0.256 e. The van der Waals surface area contributed by atoms with Crippen LogP contribution in [0.3, 0.4) is 0 Å². The highest BCUT2D eigenvalue weighted by molar-refractivity contribution is 9.10. The Morgan fingerprint density at radius 3 is 2.72 bits per heavy atom. The lowest BCUT2D eigenvalue weighted by Gasteiger charge is -2.08. The third-order valence-electron chi connectivity index (χ3n) is 2.34. The van der Waals surface area contributed by atoms with Gasteiger partial charge in [-0.3, -0.25) is 4.79 Å². The lowest BCUT2D eigenvalue weighted by molar-refractivity contribution is 0.102. The van der Waals surface area contributed by atoms with E-state index < -0.39 is 0 Å². The molecule has 1 aromatic carbocycles. The average Bonchev–Trinajstić information content (AvgIpc) is 2.41. The summed E-state index contributed by atoms with van der Waals surface area (Å²) in [6.07, 6.45) is 3.57. The fourth-order valence-electron chi connectivity index (χ4n) is 1.48. The molecule has 0 aliphatic rings. The summed E-state index contributed by atoms with van der Waals surface area (Å²) in [5, 5.41) is 2.82. The zero-order chi connectivity index (χ0) is 13.0. The molecule has 0 aliphatic heterocycles. The fourth-order valence-corrected chi connectivity index (χ4v) is 2.31. The standard InChI is InChI=1S/C13H11BrN2OS/c1-18-11-5-3-2-4-10(11)13(17)16-9-6-7-12(14)15-8-9/h2-8H,1H3,(H,16,17). The van der Waals surface area contributed by atoms with Gasteiger partial charge in [0, 0.05) is 4.90 Å². The molecule has 0 saturated carbocycles. The number of amides is 1. The Bertz CT molecular complexity index is 557. The summed E-state index contributed by atoms with van der Waals surface area (Å²) in [5.74, 6) is -0.121. The molecule has 0 aliphatic carbocycles. The van der Waals surface area contributed by atoms with E-state index in [4.69, 9.17) is 0 Å². The second-order valence-electron chi connectivity index (χ2n) is 3.52. The number of aromatic nitrogens is 1. The van der Waals surface area contributed by atoms with Crippen LogP contribution in [-0.4, -0.2) is 17.1 Å². The van der Waals surface area contributed by atoms with Crippen LogP contribution in [0.15, 0.2) is 52.1 Å². The van der Waals surface area contributed by atoms with Crippen molar-refractivity contribution in [1.29, 1.82) is 0 Å². The quantitative estimate of drug-likeness (QED) is 0.690. The van der Waals surface area contributed by atoms with Crippen molar-refractivity contribution in [2.75, 3.05) is 11.6 Å². The van der Waals surface area contributed by atoms with E-state index in [9.17, 15) is 4.79 Å². The number of nitrogens with zero attached hydrogens (tertiary/aromatic N) is 1. The summed E-state index contributed by atoms with van der Waals surface area (Å²) in [5.41, 5.74) is 1.35. The van der Waals surface area contributed by atoms with Crippen molar-refractivity contribution in [3.8, 4) is 0 Å². The van der Waals surface area contributed by atoms with Crippen LogP contribution in [0.2, 0.25) is 0 Å². The molecule has 1 aromatic heterocycles. The number of benzene rings is 1. The predicted octanol–water partition coefficient (Wildman–Crippen LogP) is 3.82. The van der Waals surface area contributed by atoms with Gasteiger partial charge in [0.25, 0.3) is 5.91 Å². The number of halogens is 1. The Morgan fingerprint density at radius 2 is 2.06 bits per heavy atom. The van der Waals surface area contributed by atoms with Crippen LogP contribution in [-0.2, 0) is 0 Å². The first-order chi connectivity index (χ1) is 8.70. The van der Waals surface area contributed by atoms with Gasteiger partial charge in [0.15, 0.2) is 0 Å². The van der Waals surface area contributed by atoms with Gasteiger partial charge in [-0.1, -0.05) is 12.1 Å². The second kappa shape index (κ2) is 6.02. The zero-order valence-corrected chi connectivity index (χ0v) is 12.1. The van der Waals surface area contributed by atoms with Gasteiger partial charge in [0.1, 0.15) is 4.60 Å². The molecule has 1 N–H and O–H groups in total. The number of carbonyl (C=O) groups is 1. The van der Waals surface area contributed by atoms with Gasteiger partial charge in [0.05, 0.1) is 17.4 Å². The minimum absolute atomic E-state index is 0.121. The first-order valence-electron chi connectivity index (χ1n) is 5.26. The summed E-state index contributed by atoms with van der Waals surface area (Å²) >= 11 is 4.81. The monoisotopic (exact) mass is 322 g/mol. The van der Waals surface area contributed by atoms with Crippen molar-refractivity contribution in [1.82, 2.24) is 4.98 Å². The van der Waals surface area contributed by atoms with E-state index >= 15 is 0 Å². The molecule has 0 unspecified atom stereocenters. The summed E-state index contributed by atoms with van der Waals surface area (Å²) < 4.78 is 0.741. The van der Waals surface area contributed by atoms with Gasteiger partial charge in [-0.15, -0.1) is 11.8 Å². The lowest BCUT2D eigenvalue weighted by atomic mass is 10.2. The van der Waals surface area contributed by atoms with Crippen LogP contribution < -0.4 is 5.32 Å². The number of hydrogen-bond donors (Lipinski definition) is 1. The van der Waals surface area contributed by atoms with Crippen molar-refractivity contribution >= 4 is 39.3 Å². The van der Waals surface area contributed by atoms with E-state index in [2.05, 4.69) is 26.2 Å². The Kier molecular flexibility index (Phi) is 4.38. The van der Waals surface area contributed by atoms with Crippen LogP contribution in [0.4, 0.5) is 5.69 Å². The predicted molar refractivity (Wildman–Crippen MR) is 78.1 cm³/mol. The number of rotatable bonds is 3. The normalized spacial score (nSPS) is 10.1. The molecule has 0 fully saturated rings. The Labute approximate surface area is 118 Å². The topological polar surface area (TPSA) is 42.0 Å². The third kappa shape index (κ3) is 3.11. The molecule has 0 bridgehead atoms. The van der Waals surface area contributed by atoms with E-state index in [1.807, 2.05) is 30.5 Å². The maximum atomic E-state index is 12.1. The largest absolute Gasteiger partial charge is 0.321 e. The van der Waals surface area contributed by atoms with Gasteiger partial charge in [-0.2, -0.15) is 0 Å². The minimum Gasteiger partial charge on any atom is -0.321 e. The SMILES string of the molecule is CSc1ccccc1C(=O)Nc1ccc(Br)nc1. The van der Waals surface area contributed by atoms with Gasteiger partial charge < -0.3 is 5.32 Å². The molecule has 2 rings (SSSR count). The maximum absolute atomic E-state index is 12.1. The van der Waals surface area contributed by atoms with E-state index in [0.717, 1.165) is 9.50 Å². The fraction of sp³-hybridized carbons (Fsp3) is 0.0769. The number of thioether (sulfide) groups is 1. The van der Waals surface area contributed by atoms with Crippen molar-refractivity contribution in [2.24, 2.45) is 0 Å². The molecule has 0 atom stereocenters. The molecular weight excluding hydrogens is 312 g/mol. The van der Waals surface area contributed by atoms with E-state index in [1.165, 1.54) is 0 Å². The van der Waals surface area contributed by atoms with Crippen molar-refractivity contribution < 1.29 is 4.79 Å². The van der Waals surface area contributed by atoms with E-state index in [0.29, 0.717) is 11.3 Å². The highest BCUT2D eigenvalue weighted by atomic mass is 79.9.